The number of fused-ring (bicyclic) bond motifs is 1. The van der Waals surface area contributed by atoms with E-state index in [2.05, 4.69) is 0 Å². The van der Waals surface area contributed by atoms with Crippen LogP contribution in [0.5, 0.6) is 5.75 Å². The van der Waals surface area contributed by atoms with Gasteiger partial charge in [0.2, 0.25) is 0 Å². The first kappa shape index (κ1) is 12.0. The van der Waals surface area contributed by atoms with E-state index in [0.29, 0.717) is 10.9 Å². The lowest BCUT2D eigenvalue weighted by molar-refractivity contribution is 0.481. The zero-order valence-corrected chi connectivity index (χ0v) is 10.7. The summed E-state index contributed by atoms with van der Waals surface area (Å²) >= 11 is 0. The van der Waals surface area contributed by atoms with Gasteiger partial charge >= 0.3 is 0 Å². The second-order valence-corrected chi connectivity index (χ2v) is 6.47. The van der Waals surface area contributed by atoms with Crippen molar-refractivity contribution in [2.45, 2.75) is 12.7 Å². The van der Waals surface area contributed by atoms with Gasteiger partial charge in [0.1, 0.15) is 5.75 Å². The number of benzene rings is 1. The minimum Gasteiger partial charge on any atom is -0.507 e. The molecule has 0 bridgehead atoms. The molecule has 0 saturated heterocycles. The van der Waals surface area contributed by atoms with Crippen LogP contribution in [-0.2, 0) is 22.6 Å². The number of aromatic nitrogens is 1. The van der Waals surface area contributed by atoms with E-state index < -0.39 is 9.84 Å². The Labute approximate surface area is 100 Å². The summed E-state index contributed by atoms with van der Waals surface area (Å²) in [5, 5.41) is 10.5. The lowest BCUT2D eigenvalue weighted by Gasteiger charge is -2.01. The van der Waals surface area contributed by atoms with Crippen molar-refractivity contribution >= 4 is 20.7 Å². The van der Waals surface area contributed by atoms with Crippen molar-refractivity contribution in [3.8, 4) is 5.75 Å². The van der Waals surface area contributed by atoms with Gasteiger partial charge in [-0.25, -0.2) is 8.42 Å². The average Bonchev–Trinajstić information content (AvgIpc) is 2.57. The second-order valence-electron chi connectivity index (χ2n) is 4.11. The quantitative estimate of drug-likeness (QED) is 0.907. The molecular weight excluding hydrogens is 238 g/mol. The monoisotopic (exact) mass is 253 g/mol. The van der Waals surface area contributed by atoms with Gasteiger partial charge in [-0.05, 0) is 17.7 Å². The fraction of sp³-hybridized carbons (Fsp3) is 0.333. The Morgan fingerprint density at radius 2 is 2.06 bits per heavy atom. The molecule has 0 spiro atoms. The molecule has 1 N–H and O–H groups in total. The summed E-state index contributed by atoms with van der Waals surface area (Å²) in [5.41, 5.74) is 1.49. The predicted octanol–water partition coefficient (Wildman–Crippen LogP) is 1.82. The molecule has 2 rings (SSSR count). The van der Waals surface area contributed by atoms with Crippen LogP contribution in [0.2, 0.25) is 0 Å². The molecule has 2 aromatic rings. The Kier molecular flexibility index (Phi) is 2.87. The van der Waals surface area contributed by atoms with E-state index in [1.807, 2.05) is 17.7 Å². The second kappa shape index (κ2) is 4.07. The first-order valence-corrected chi connectivity index (χ1v) is 7.23. The number of rotatable bonds is 3. The highest BCUT2D eigenvalue weighted by Crippen LogP contribution is 2.30. The largest absolute Gasteiger partial charge is 0.507 e. The highest BCUT2D eigenvalue weighted by Gasteiger charge is 2.16. The van der Waals surface area contributed by atoms with Crippen molar-refractivity contribution in [3.05, 3.63) is 30.0 Å². The van der Waals surface area contributed by atoms with E-state index in [0.717, 1.165) is 5.52 Å². The molecule has 1 aromatic carbocycles. The fourth-order valence-electron chi connectivity index (χ4n) is 1.97. The number of nitrogens with zero attached hydrogens (tertiary/aromatic N) is 1. The number of hydrogen-bond donors (Lipinski definition) is 1. The van der Waals surface area contributed by atoms with Crippen molar-refractivity contribution < 1.29 is 13.5 Å². The van der Waals surface area contributed by atoms with Crippen LogP contribution in [-0.4, -0.2) is 23.8 Å². The highest BCUT2D eigenvalue weighted by molar-refractivity contribution is 7.90. The van der Waals surface area contributed by atoms with Gasteiger partial charge in [0.25, 0.3) is 0 Å². The van der Waals surface area contributed by atoms with Gasteiger partial charge in [0.15, 0.2) is 9.84 Å². The molecule has 0 radical (unpaired) electrons. The predicted molar refractivity (Wildman–Crippen MR) is 67.7 cm³/mol. The minimum absolute atomic E-state index is 0.0294. The molecule has 0 aliphatic carbocycles. The van der Waals surface area contributed by atoms with Gasteiger partial charge in [0.05, 0.1) is 11.3 Å². The van der Waals surface area contributed by atoms with Crippen LogP contribution in [0, 0.1) is 0 Å². The van der Waals surface area contributed by atoms with Crippen molar-refractivity contribution in [1.29, 1.82) is 0 Å². The Hall–Kier alpha value is -1.49. The van der Waals surface area contributed by atoms with Gasteiger partial charge in [0, 0.05) is 24.4 Å². The van der Waals surface area contributed by atoms with Gasteiger partial charge in [-0.15, -0.1) is 0 Å². The third-order valence-electron chi connectivity index (χ3n) is 2.89. The molecule has 0 fully saturated rings. The molecule has 92 valence electrons. The van der Waals surface area contributed by atoms with Crippen LogP contribution in [0.1, 0.15) is 12.5 Å². The summed E-state index contributed by atoms with van der Waals surface area (Å²) in [5.74, 6) is 0.208. The molecular formula is C12H15NO3S. The molecule has 0 amide bonds. The van der Waals surface area contributed by atoms with Gasteiger partial charge in [-0.3, -0.25) is 0 Å². The number of aromatic hydroxyl groups is 1. The van der Waals surface area contributed by atoms with Crippen LogP contribution in [0.25, 0.3) is 10.9 Å². The smallest absolute Gasteiger partial charge is 0.154 e. The van der Waals surface area contributed by atoms with Crippen molar-refractivity contribution in [3.63, 3.8) is 0 Å². The van der Waals surface area contributed by atoms with Crippen LogP contribution < -0.4 is 0 Å². The van der Waals surface area contributed by atoms with Crippen molar-refractivity contribution in [1.82, 2.24) is 4.57 Å². The summed E-state index contributed by atoms with van der Waals surface area (Å²) in [7, 11) is -1.25. The lowest BCUT2D eigenvalue weighted by Crippen LogP contribution is -2.06. The molecule has 0 aliphatic rings. The highest BCUT2D eigenvalue weighted by atomic mass is 32.2. The molecule has 17 heavy (non-hydrogen) atoms. The zero-order chi connectivity index (χ0) is 12.6. The molecule has 0 atom stereocenters. The number of sulfone groups is 1. The lowest BCUT2D eigenvalue weighted by atomic mass is 10.2. The SMILES string of the molecule is CCS(=O)(=O)Cc1cn(C)c2cccc(O)c12. The molecule has 1 aromatic heterocycles. The standard InChI is InChI=1S/C12H15NO3S/c1-3-17(15,16)8-9-7-13(2)10-5-4-6-11(14)12(9)10/h4-7,14H,3,8H2,1-2H3. The topological polar surface area (TPSA) is 59.3 Å². The van der Waals surface area contributed by atoms with Crippen LogP contribution in [0.15, 0.2) is 24.4 Å². The molecule has 1 heterocycles. The van der Waals surface area contributed by atoms with E-state index in [9.17, 15) is 13.5 Å². The summed E-state index contributed by atoms with van der Waals surface area (Å²) in [6.07, 6.45) is 1.76. The van der Waals surface area contributed by atoms with Crippen LogP contribution in [0.4, 0.5) is 0 Å². The maximum absolute atomic E-state index is 11.6. The Morgan fingerprint density at radius 3 is 2.71 bits per heavy atom. The van der Waals surface area contributed by atoms with Crippen molar-refractivity contribution in [2.75, 3.05) is 5.75 Å². The number of aryl methyl sites for hydroxylation is 1. The molecule has 5 heteroatoms. The summed E-state index contributed by atoms with van der Waals surface area (Å²) < 4.78 is 25.1. The number of phenols is 1. The number of hydrogen-bond acceptors (Lipinski definition) is 3. The molecule has 0 aliphatic heterocycles. The molecule has 4 nitrogen and oxygen atoms in total. The Balaban J connectivity index is 2.63. The van der Waals surface area contributed by atoms with E-state index in [1.54, 1.807) is 25.3 Å². The third kappa shape index (κ3) is 2.15. The fourth-order valence-corrected chi connectivity index (χ4v) is 2.86. The average molecular weight is 253 g/mol. The summed E-state index contributed by atoms with van der Waals surface area (Å²) in [4.78, 5) is 0. The molecule has 0 unspecified atom stereocenters. The zero-order valence-electron chi connectivity index (χ0n) is 9.84. The number of phenolic OH excluding ortho intramolecular Hbond substituents is 1. The van der Waals surface area contributed by atoms with Gasteiger partial charge in [-0.2, -0.15) is 0 Å². The van der Waals surface area contributed by atoms with Crippen LogP contribution in [0.3, 0.4) is 0 Å². The maximum atomic E-state index is 11.6. The van der Waals surface area contributed by atoms with E-state index in [1.165, 1.54) is 0 Å². The van der Waals surface area contributed by atoms with Crippen LogP contribution >= 0.6 is 0 Å². The summed E-state index contributed by atoms with van der Waals surface area (Å²) in [6.45, 7) is 1.63. The Bertz CT molecular complexity index is 656. The minimum atomic E-state index is -3.09. The third-order valence-corrected chi connectivity index (χ3v) is 4.52. The van der Waals surface area contributed by atoms with Gasteiger partial charge < -0.3 is 9.67 Å². The Morgan fingerprint density at radius 1 is 1.35 bits per heavy atom. The first-order chi connectivity index (χ1) is 7.94. The van der Waals surface area contributed by atoms with E-state index in [-0.39, 0.29) is 17.3 Å². The van der Waals surface area contributed by atoms with E-state index >= 15 is 0 Å². The maximum Gasteiger partial charge on any atom is 0.154 e. The molecule has 0 saturated carbocycles. The first-order valence-electron chi connectivity index (χ1n) is 5.41. The summed E-state index contributed by atoms with van der Waals surface area (Å²) in [6, 6.07) is 5.18. The van der Waals surface area contributed by atoms with Crippen molar-refractivity contribution in [2.24, 2.45) is 7.05 Å². The van der Waals surface area contributed by atoms with Gasteiger partial charge in [-0.1, -0.05) is 13.0 Å². The normalized spacial score (nSPS) is 12.1. The van der Waals surface area contributed by atoms with E-state index in [4.69, 9.17) is 0 Å².